The molecule has 19 heavy (non-hydrogen) atoms. The Labute approximate surface area is 119 Å². The zero-order valence-electron chi connectivity index (χ0n) is 12.6. The van der Waals surface area contributed by atoms with E-state index in [1.807, 2.05) is 6.08 Å². The van der Waals surface area contributed by atoms with Crippen LogP contribution in [0, 0.1) is 0 Å². The van der Waals surface area contributed by atoms with Crippen LogP contribution in [-0.2, 0) is 0 Å². The second kappa shape index (κ2) is 15.7. The molecule has 0 aliphatic carbocycles. The molecule has 0 saturated carbocycles. The average molecular weight is 271 g/mol. The van der Waals surface area contributed by atoms with Crippen molar-refractivity contribution in [3.05, 3.63) is 12.2 Å². The number of allylic oxidation sites excluding steroid dienone is 1. The summed E-state index contributed by atoms with van der Waals surface area (Å²) in [5, 5.41) is 20.9. The van der Waals surface area contributed by atoms with Crippen LogP contribution in [0.3, 0.4) is 0 Å². The normalized spacial score (nSPS) is 13.2. The molecule has 0 heterocycles. The third-order valence-electron chi connectivity index (χ3n) is 3.31. The molecule has 0 aromatic carbocycles. The molecule has 0 amide bonds. The van der Waals surface area contributed by atoms with Crippen molar-refractivity contribution in [1.29, 1.82) is 0 Å². The number of unbranched alkanes of at least 4 members (excludes halogenated alkanes) is 8. The molecule has 0 aliphatic heterocycles. The fraction of sp³-hybridized carbons (Fsp3) is 0.875. The highest BCUT2D eigenvalue weighted by Crippen LogP contribution is 2.09. The van der Waals surface area contributed by atoms with Crippen molar-refractivity contribution in [2.75, 3.05) is 19.8 Å². The number of rotatable bonds is 14. The van der Waals surface area contributed by atoms with Gasteiger partial charge in [0.2, 0.25) is 0 Å². The maximum absolute atomic E-state index is 9.10. The lowest BCUT2D eigenvalue weighted by Crippen LogP contribution is -2.32. The number of aliphatic hydroxyl groups excluding tert-OH is 2. The third kappa shape index (κ3) is 13.8. The molecular formula is C16H33NO2. The summed E-state index contributed by atoms with van der Waals surface area (Å²) in [6.07, 6.45) is 16.0. The quantitative estimate of drug-likeness (QED) is 0.336. The summed E-state index contributed by atoms with van der Waals surface area (Å²) in [5.41, 5.74) is 0. The van der Waals surface area contributed by atoms with Crippen LogP contribution >= 0.6 is 0 Å². The maximum Gasteiger partial charge on any atom is 0.0620 e. The van der Waals surface area contributed by atoms with E-state index in [2.05, 4.69) is 18.3 Å². The Morgan fingerprint density at radius 3 is 2.16 bits per heavy atom. The molecule has 1 atom stereocenters. The summed E-state index contributed by atoms with van der Waals surface area (Å²) >= 11 is 0. The second-order valence-electron chi connectivity index (χ2n) is 5.16. The van der Waals surface area contributed by atoms with Gasteiger partial charge in [0.15, 0.2) is 0 Å². The Morgan fingerprint density at radius 1 is 0.947 bits per heavy atom. The van der Waals surface area contributed by atoms with Crippen LogP contribution in [0.2, 0.25) is 0 Å². The zero-order chi connectivity index (χ0) is 14.2. The van der Waals surface area contributed by atoms with Crippen molar-refractivity contribution in [2.45, 2.75) is 70.8 Å². The molecule has 3 heteroatoms. The van der Waals surface area contributed by atoms with Gasteiger partial charge in [-0.2, -0.15) is 0 Å². The summed E-state index contributed by atoms with van der Waals surface area (Å²) in [4.78, 5) is 0. The zero-order valence-corrected chi connectivity index (χ0v) is 12.6. The van der Waals surface area contributed by atoms with Gasteiger partial charge in [0.05, 0.1) is 13.2 Å². The topological polar surface area (TPSA) is 52.5 Å². The summed E-state index contributed by atoms with van der Waals surface area (Å²) in [5.74, 6) is 0. The Balaban J connectivity index is 3.31. The van der Waals surface area contributed by atoms with E-state index in [0.29, 0.717) is 6.54 Å². The van der Waals surface area contributed by atoms with Gasteiger partial charge in [0, 0.05) is 12.6 Å². The minimum Gasteiger partial charge on any atom is -0.395 e. The average Bonchev–Trinajstić information content (AvgIpc) is 2.44. The van der Waals surface area contributed by atoms with E-state index < -0.39 is 0 Å². The highest BCUT2D eigenvalue weighted by molar-refractivity contribution is 4.92. The van der Waals surface area contributed by atoms with Gasteiger partial charge in [-0.25, -0.2) is 0 Å². The standard InChI is InChI=1S/C16H33NO2/c1-2-3-4-5-6-7-8-9-10-11-12-16(15-19)17-13-14-18/h11-12,16-19H,2-10,13-15H2,1H3/b12-11+. The van der Waals surface area contributed by atoms with Crippen molar-refractivity contribution in [2.24, 2.45) is 0 Å². The van der Waals surface area contributed by atoms with Crippen molar-refractivity contribution in [3.63, 3.8) is 0 Å². The maximum atomic E-state index is 9.10. The first-order valence-electron chi connectivity index (χ1n) is 7.96. The van der Waals surface area contributed by atoms with E-state index in [4.69, 9.17) is 10.2 Å². The van der Waals surface area contributed by atoms with Crippen LogP contribution in [0.5, 0.6) is 0 Å². The highest BCUT2D eigenvalue weighted by Gasteiger charge is 1.99. The van der Waals surface area contributed by atoms with E-state index in [0.717, 1.165) is 6.42 Å². The third-order valence-corrected chi connectivity index (χ3v) is 3.31. The number of aliphatic hydroxyl groups is 2. The van der Waals surface area contributed by atoms with Gasteiger partial charge in [-0.1, -0.05) is 64.0 Å². The molecule has 3 nitrogen and oxygen atoms in total. The van der Waals surface area contributed by atoms with E-state index in [-0.39, 0.29) is 19.3 Å². The minimum atomic E-state index is -0.0128. The molecule has 0 aromatic rings. The van der Waals surface area contributed by atoms with Crippen LogP contribution in [0.4, 0.5) is 0 Å². The number of nitrogens with one attached hydrogen (secondary N) is 1. The highest BCUT2D eigenvalue weighted by atomic mass is 16.3. The minimum absolute atomic E-state index is 0.0128. The first-order valence-corrected chi connectivity index (χ1v) is 7.96. The SMILES string of the molecule is CCCCCCCCCC/C=C/C(CO)NCCO. The van der Waals surface area contributed by atoms with Crippen molar-refractivity contribution < 1.29 is 10.2 Å². The van der Waals surface area contributed by atoms with Gasteiger partial charge in [-0.15, -0.1) is 0 Å². The largest absolute Gasteiger partial charge is 0.395 e. The van der Waals surface area contributed by atoms with Crippen LogP contribution in [0.25, 0.3) is 0 Å². The predicted octanol–water partition coefficient (Wildman–Crippen LogP) is 3.02. The Morgan fingerprint density at radius 2 is 1.58 bits per heavy atom. The monoisotopic (exact) mass is 271 g/mol. The van der Waals surface area contributed by atoms with Crippen LogP contribution in [-0.4, -0.2) is 36.0 Å². The summed E-state index contributed by atoms with van der Waals surface area (Å²) in [7, 11) is 0. The number of hydrogen-bond acceptors (Lipinski definition) is 3. The lowest BCUT2D eigenvalue weighted by atomic mass is 10.1. The first-order chi connectivity index (χ1) is 9.35. The van der Waals surface area contributed by atoms with Gasteiger partial charge < -0.3 is 15.5 Å². The van der Waals surface area contributed by atoms with E-state index in [1.54, 1.807) is 0 Å². The van der Waals surface area contributed by atoms with Crippen molar-refractivity contribution in [1.82, 2.24) is 5.32 Å². The lowest BCUT2D eigenvalue weighted by Gasteiger charge is -2.10. The molecule has 0 radical (unpaired) electrons. The lowest BCUT2D eigenvalue weighted by molar-refractivity contribution is 0.244. The van der Waals surface area contributed by atoms with Crippen LogP contribution < -0.4 is 5.32 Å². The Hall–Kier alpha value is -0.380. The molecular weight excluding hydrogens is 238 g/mol. The van der Waals surface area contributed by atoms with E-state index in [9.17, 15) is 0 Å². The summed E-state index contributed by atoms with van der Waals surface area (Å²) in [6.45, 7) is 2.99. The molecule has 0 aromatic heterocycles. The molecule has 3 N–H and O–H groups in total. The van der Waals surface area contributed by atoms with Gasteiger partial charge in [0.25, 0.3) is 0 Å². The van der Waals surface area contributed by atoms with Crippen molar-refractivity contribution >= 4 is 0 Å². The molecule has 114 valence electrons. The van der Waals surface area contributed by atoms with Gasteiger partial charge in [0.1, 0.15) is 0 Å². The van der Waals surface area contributed by atoms with Crippen molar-refractivity contribution in [3.8, 4) is 0 Å². The van der Waals surface area contributed by atoms with E-state index >= 15 is 0 Å². The molecule has 0 bridgehead atoms. The molecule has 0 spiro atoms. The smallest absolute Gasteiger partial charge is 0.0620 e. The van der Waals surface area contributed by atoms with Crippen LogP contribution in [0.15, 0.2) is 12.2 Å². The summed E-state index contributed by atoms with van der Waals surface area (Å²) in [6, 6.07) is -0.0128. The Bertz CT molecular complexity index is 195. The summed E-state index contributed by atoms with van der Waals surface area (Å²) < 4.78 is 0. The van der Waals surface area contributed by atoms with Crippen LogP contribution in [0.1, 0.15) is 64.7 Å². The molecule has 0 rings (SSSR count). The number of hydrogen-bond donors (Lipinski definition) is 3. The second-order valence-corrected chi connectivity index (χ2v) is 5.16. The molecule has 0 aliphatic rings. The van der Waals surface area contributed by atoms with E-state index in [1.165, 1.54) is 51.4 Å². The predicted molar refractivity (Wildman–Crippen MR) is 82.3 cm³/mol. The first kappa shape index (κ1) is 18.6. The van der Waals surface area contributed by atoms with Gasteiger partial charge in [-0.3, -0.25) is 0 Å². The van der Waals surface area contributed by atoms with Gasteiger partial charge in [-0.05, 0) is 12.8 Å². The molecule has 0 fully saturated rings. The molecule has 1 unspecified atom stereocenters. The fourth-order valence-corrected chi connectivity index (χ4v) is 2.10. The molecule has 0 saturated heterocycles. The van der Waals surface area contributed by atoms with Gasteiger partial charge >= 0.3 is 0 Å². The fourth-order valence-electron chi connectivity index (χ4n) is 2.10. The Kier molecular flexibility index (Phi) is 15.4.